The maximum absolute atomic E-state index is 13.7. The van der Waals surface area contributed by atoms with Gasteiger partial charge in [0, 0.05) is 45.8 Å². The van der Waals surface area contributed by atoms with Gasteiger partial charge in [0.25, 0.3) is 5.75 Å². The highest BCUT2D eigenvalue weighted by Gasteiger charge is 2.34. The van der Waals surface area contributed by atoms with Gasteiger partial charge in [0.1, 0.15) is 11.9 Å². The molecule has 2 saturated heterocycles. The lowest BCUT2D eigenvalue weighted by molar-refractivity contribution is -0.353. The van der Waals surface area contributed by atoms with Gasteiger partial charge >= 0.3 is 17.2 Å². The fraction of sp³-hybridized carbons (Fsp3) is 0.333. The third-order valence-electron chi connectivity index (χ3n) is 7.32. The molecule has 202 valence electrons. The summed E-state index contributed by atoms with van der Waals surface area (Å²) in [4.78, 5) is 39.3. The molecule has 2 fully saturated rings. The molecular weight excluding hydrogens is 510 g/mol. The van der Waals surface area contributed by atoms with Gasteiger partial charge in [-0.25, -0.2) is 23.4 Å². The van der Waals surface area contributed by atoms with Crippen LogP contribution in [0.25, 0.3) is 5.65 Å². The number of nitrogens with one attached hydrogen (secondary N) is 1. The van der Waals surface area contributed by atoms with Crippen molar-refractivity contribution in [1.82, 2.24) is 9.30 Å². The Morgan fingerprint density at radius 2 is 1.87 bits per heavy atom. The van der Waals surface area contributed by atoms with Crippen molar-refractivity contribution in [2.45, 2.75) is 12.8 Å². The van der Waals surface area contributed by atoms with E-state index < -0.39 is 22.9 Å². The highest BCUT2D eigenvalue weighted by molar-refractivity contribution is 6.03. The van der Waals surface area contributed by atoms with Crippen molar-refractivity contribution in [2.24, 2.45) is 4.99 Å². The number of pyridine rings is 1. The molecular formula is C27H27F2N6O4+. The number of anilines is 2. The van der Waals surface area contributed by atoms with E-state index in [1.54, 1.807) is 29.2 Å². The Kier molecular flexibility index (Phi) is 6.26. The topological polar surface area (TPSA) is 104 Å². The molecule has 0 atom stereocenters. The largest absolute Gasteiger partial charge is 0.498 e. The molecule has 12 heteroatoms. The normalized spacial score (nSPS) is 17.8. The smallest absolute Gasteiger partial charge is 0.385 e. The zero-order chi connectivity index (χ0) is 27.3. The number of rotatable bonds is 5. The molecule has 2 amide bonds. The van der Waals surface area contributed by atoms with E-state index in [4.69, 9.17) is 4.74 Å². The van der Waals surface area contributed by atoms with Crippen molar-refractivity contribution >= 4 is 28.8 Å². The first-order valence-corrected chi connectivity index (χ1v) is 12.7. The second kappa shape index (κ2) is 9.77. The number of H-pyrrole nitrogens is 1. The SMILES string of the molecule is CN1CCN(c2cc(N3CCOCC3)cn3c(=O)c(O)c(C4=NC=C(Cc5ccc(F)c(F)c5)C4)[nH+]c23)C1=O. The van der Waals surface area contributed by atoms with E-state index in [0.29, 0.717) is 74.8 Å². The molecule has 2 N–H and O–H groups in total. The van der Waals surface area contributed by atoms with Crippen molar-refractivity contribution < 1.29 is 28.4 Å². The molecule has 10 nitrogen and oxygen atoms in total. The number of hydrogen-bond acceptors (Lipinski definition) is 6. The summed E-state index contributed by atoms with van der Waals surface area (Å²) in [5.74, 6) is -2.34. The van der Waals surface area contributed by atoms with Crippen molar-refractivity contribution in [3.8, 4) is 5.75 Å². The molecule has 3 aliphatic heterocycles. The van der Waals surface area contributed by atoms with E-state index >= 15 is 0 Å². The Labute approximate surface area is 222 Å². The molecule has 0 radical (unpaired) electrons. The minimum Gasteiger partial charge on any atom is -0.498 e. The number of aromatic nitrogens is 2. The van der Waals surface area contributed by atoms with Gasteiger partial charge in [-0.15, -0.1) is 0 Å². The summed E-state index contributed by atoms with van der Waals surface area (Å²) < 4.78 is 33.8. The Balaban J connectivity index is 1.39. The highest BCUT2D eigenvalue weighted by Crippen LogP contribution is 2.30. The number of hydrogen-bond donors (Lipinski definition) is 1. The fourth-order valence-electron chi connectivity index (χ4n) is 5.18. The molecule has 2 aromatic heterocycles. The van der Waals surface area contributed by atoms with Crippen LogP contribution in [-0.2, 0) is 11.2 Å². The number of aromatic hydroxyl groups is 1. The predicted molar refractivity (Wildman–Crippen MR) is 140 cm³/mol. The number of ether oxygens (including phenoxy) is 1. The maximum Gasteiger partial charge on any atom is 0.385 e. The minimum absolute atomic E-state index is 0.150. The molecule has 1 aromatic carbocycles. The molecule has 0 saturated carbocycles. The van der Waals surface area contributed by atoms with Crippen molar-refractivity contribution in [2.75, 3.05) is 56.2 Å². The van der Waals surface area contributed by atoms with Crippen LogP contribution in [0.5, 0.6) is 5.75 Å². The van der Waals surface area contributed by atoms with Crippen molar-refractivity contribution in [1.29, 1.82) is 0 Å². The monoisotopic (exact) mass is 537 g/mol. The van der Waals surface area contributed by atoms with Crippen LogP contribution in [0, 0.1) is 11.6 Å². The number of carbonyl (C=O) groups is 1. The fourth-order valence-corrected chi connectivity index (χ4v) is 5.18. The van der Waals surface area contributed by atoms with E-state index in [9.17, 15) is 23.5 Å². The number of likely N-dealkylation sites (N-methyl/N-ethyl adjacent to an activating group) is 1. The van der Waals surface area contributed by atoms with Crippen LogP contribution in [-0.4, -0.2) is 72.6 Å². The van der Waals surface area contributed by atoms with Crippen molar-refractivity contribution in [3.05, 3.63) is 75.5 Å². The number of carbonyl (C=O) groups excluding carboxylic acids is 1. The summed E-state index contributed by atoms with van der Waals surface area (Å²) in [6, 6.07) is 5.40. The van der Waals surface area contributed by atoms with E-state index in [2.05, 4.69) is 14.9 Å². The van der Waals surface area contributed by atoms with Gasteiger partial charge in [0.15, 0.2) is 17.3 Å². The second-order valence-corrected chi connectivity index (χ2v) is 9.88. The third kappa shape index (κ3) is 4.50. The summed E-state index contributed by atoms with van der Waals surface area (Å²) in [5, 5.41) is 11.0. The first kappa shape index (κ1) is 25.0. The van der Waals surface area contributed by atoms with Crippen LogP contribution in [0.4, 0.5) is 25.0 Å². The lowest BCUT2D eigenvalue weighted by atomic mass is 10.0. The standard InChI is InChI=1S/C27H26F2N6O4/c1-32-4-5-34(27(32)38)22-13-18(33-6-8-39-9-7-33)15-35-25(22)31-23(24(36)26(35)37)21-12-17(14-30-21)10-16-2-3-19(28)20(29)11-16/h2-3,11,13-15,36H,4-10,12H2,1H3/p+1. The number of morpholine rings is 1. The molecule has 6 rings (SSSR count). The highest BCUT2D eigenvalue weighted by atomic mass is 19.2. The van der Waals surface area contributed by atoms with Crippen LogP contribution in [0.1, 0.15) is 17.7 Å². The van der Waals surface area contributed by atoms with Crippen LogP contribution >= 0.6 is 0 Å². The average molecular weight is 538 g/mol. The average Bonchev–Trinajstić information content (AvgIpc) is 3.54. The molecule has 39 heavy (non-hydrogen) atoms. The number of urea groups is 1. The number of benzene rings is 1. The van der Waals surface area contributed by atoms with E-state index in [0.717, 1.165) is 23.4 Å². The van der Waals surface area contributed by atoms with Gasteiger partial charge in [-0.05, 0) is 35.8 Å². The first-order valence-electron chi connectivity index (χ1n) is 12.7. The lowest BCUT2D eigenvalue weighted by Crippen LogP contribution is -2.38. The van der Waals surface area contributed by atoms with Crippen LogP contribution < -0.4 is 20.3 Å². The van der Waals surface area contributed by atoms with Gasteiger partial charge in [0.2, 0.25) is 0 Å². The first-order chi connectivity index (χ1) is 18.8. The number of allylic oxidation sites excluding steroid dienone is 1. The van der Waals surface area contributed by atoms with Gasteiger partial charge in [-0.2, -0.15) is 4.40 Å². The number of aromatic amines is 1. The van der Waals surface area contributed by atoms with Gasteiger partial charge < -0.3 is 19.6 Å². The number of nitrogens with zero attached hydrogens (tertiary/aromatic N) is 5. The Hall–Kier alpha value is -4.32. The summed E-state index contributed by atoms with van der Waals surface area (Å²) in [6.45, 7) is 3.32. The molecule has 3 aromatic rings. The summed E-state index contributed by atoms with van der Waals surface area (Å²) >= 11 is 0. The molecule has 3 aliphatic rings. The van der Waals surface area contributed by atoms with Gasteiger partial charge in [-0.1, -0.05) is 6.07 Å². The van der Waals surface area contributed by atoms with Crippen molar-refractivity contribution in [3.63, 3.8) is 0 Å². The number of halogens is 2. The maximum atomic E-state index is 13.7. The van der Waals surface area contributed by atoms with Crippen LogP contribution in [0.3, 0.4) is 0 Å². The number of amides is 2. The summed E-state index contributed by atoms with van der Waals surface area (Å²) in [5.41, 5.74) is 2.92. The summed E-state index contributed by atoms with van der Waals surface area (Å²) in [7, 11) is 1.72. The van der Waals surface area contributed by atoms with Crippen LogP contribution in [0.15, 0.2) is 52.0 Å². The van der Waals surface area contributed by atoms with Crippen LogP contribution in [0.2, 0.25) is 0 Å². The minimum atomic E-state index is -0.924. The molecule has 0 aliphatic carbocycles. The predicted octanol–water partition coefficient (Wildman–Crippen LogP) is 2.13. The van der Waals surface area contributed by atoms with Gasteiger partial charge in [-0.3, -0.25) is 9.89 Å². The lowest BCUT2D eigenvalue weighted by Gasteiger charge is -2.29. The van der Waals surface area contributed by atoms with Gasteiger partial charge in [0.05, 0.1) is 24.6 Å². The summed E-state index contributed by atoms with van der Waals surface area (Å²) in [6.07, 6.45) is 3.89. The number of aliphatic imine (C=N–C) groups is 1. The number of fused-ring (bicyclic) bond motifs is 1. The molecule has 0 spiro atoms. The molecule has 0 bridgehead atoms. The Morgan fingerprint density at radius 1 is 1.08 bits per heavy atom. The molecule has 5 heterocycles. The van der Waals surface area contributed by atoms with E-state index in [1.165, 1.54) is 10.5 Å². The Bertz CT molecular complexity index is 1610. The Morgan fingerprint density at radius 3 is 2.59 bits per heavy atom. The zero-order valence-electron chi connectivity index (χ0n) is 21.3. The zero-order valence-corrected chi connectivity index (χ0v) is 21.3. The molecule has 0 unspecified atom stereocenters. The third-order valence-corrected chi connectivity index (χ3v) is 7.32. The van der Waals surface area contributed by atoms with E-state index in [-0.39, 0.29) is 11.7 Å². The van der Waals surface area contributed by atoms with E-state index in [1.807, 2.05) is 6.07 Å². The second-order valence-electron chi connectivity index (χ2n) is 9.88. The quantitative estimate of drug-likeness (QED) is 0.537.